The number of nitrogens with zero attached hydrogens (tertiary/aromatic N) is 4. The number of aromatic nitrogens is 3. The summed E-state index contributed by atoms with van der Waals surface area (Å²) in [6, 6.07) is 0.203. The van der Waals surface area contributed by atoms with Crippen molar-refractivity contribution in [3.05, 3.63) is 11.9 Å². The van der Waals surface area contributed by atoms with Gasteiger partial charge in [-0.2, -0.15) is 0 Å². The highest BCUT2D eigenvalue weighted by molar-refractivity contribution is 6.64. The molecule has 135 valence electrons. The number of carbonyl (C=O) groups excluding carboxylic acids is 2. The Labute approximate surface area is 147 Å². The molecule has 1 saturated heterocycles. The van der Waals surface area contributed by atoms with Crippen molar-refractivity contribution in [2.24, 2.45) is 5.92 Å². The van der Waals surface area contributed by atoms with Crippen LogP contribution in [0.4, 0.5) is 0 Å². The standard InChI is InChI=1S/C16H24BN4O4/c1-25-15(23)12-2-4-13(5-3-12)21-10-14(18-19-21)16(24)6-8-20(9-7-16)17-11-22/h10-13,24H,2-9H2,1H3. The van der Waals surface area contributed by atoms with E-state index >= 15 is 0 Å². The zero-order valence-electron chi connectivity index (χ0n) is 14.5. The molecule has 1 radical (unpaired) electrons. The molecular formula is C16H24BN4O4. The van der Waals surface area contributed by atoms with Crippen molar-refractivity contribution < 1.29 is 19.4 Å². The molecule has 1 saturated carbocycles. The predicted octanol–water partition coefficient (Wildman–Crippen LogP) is 0.275. The van der Waals surface area contributed by atoms with Crippen LogP contribution in [-0.2, 0) is 19.9 Å². The SMILES string of the molecule is COC(=O)C1CCC(n2cc(C3(O)CCN([B]C=O)CC3)nn2)CC1. The van der Waals surface area contributed by atoms with Crippen LogP contribution in [0, 0.1) is 5.92 Å². The monoisotopic (exact) mass is 347 g/mol. The number of piperidine rings is 1. The van der Waals surface area contributed by atoms with Crippen LogP contribution in [0.15, 0.2) is 6.20 Å². The minimum Gasteiger partial charge on any atom is -0.469 e. The van der Waals surface area contributed by atoms with Crippen LogP contribution in [0.1, 0.15) is 50.3 Å². The van der Waals surface area contributed by atoms with Gasteiger partial charge in [-0.15, -0.1) is 5.10 Å². The van der Waals surface area contributed by atoms with Gasteiger partial charge >= 0.3 is 5.97 Å². The lowest BCUT2D eigenvalue weighted by molar-refractivity contribution is -0.146. The Hall–Kier alpha value is -1.74. The molecule has 0 unspecified atom stereocenters. The second-order valence-corrected chi connectivity index (χ2v) is 6.97. The Kier molecular flexibility index (Phi) is 5.53. The summed E-state index contributed by atoms with van der Waals surface area (Å²) in [5, 5.41) is 19.3. The van der Waals surface area contributed by atoms with Crippen molar-refractivity contribution in [3.63, 3.8) is 0 Å². The topological polar surface area (TPSA) is 97.6 Å². The number of rotatable bonds is 5. The molecule has 0 amide bonds. The van der Waals surface area contributed by atoms with Gasteiger partial charge in [0, 0.05) is 0 Å². The molecule has 2 heterocycles. The lowest BCUT2D eigenvalue weighted by Crippen LogP contribution is -2.44. The van der Waals surface area contributed by atoms with Crippen LogP contribution in [-0.4, -0.2) is 64.7 Å². The summed E-state index contributed by atoms with van der Waals surface area (Å²) < 4.78 is 6.64. The maximum atomic E-state index is 11.6. The number of carbonyl (C=O) groups is 2. The van der Waals surface area contributed by atoms with E-state index in [0.717, 1.165) is 31.9 Å². The van der Waals surface area contributed by atoms with E-state index in [-0.39, 0.29) is 17.9 Å². The third-order valence-electron chi connectivity index (χ3n) is 5.49. The number of esters is 1. The maximum Gasteiger partial charge on any atom is 0.308 e. The highest BCUT2D eigenvalue weighted by Crippen LogP contribution is 2.35. The van der Waals surface area contributed by atoms with E-state index < -0.39 is 5.60 Å². The second-order valence-electron chi connectivity index (χ2n) is 6.97. The van der Waals surface area contributed by atoms with Crippen molar-refractivity contribution in [1.82, 2.24) is 19.8 Å². The van der Waals surface area contributed by atoms with Gasteiger partial charge < -0.3 is 19.4 Å². The third-order valence-corrected chi connectivity index (χ3v) is 5.49. The highest BCUT2D eigenvalue weighted by atomic mass is 16.5. The number of hydrogen-bond donors (Lipinski definition) is 1. The Bertz CT molecular complexity index is 607. The summed E-state index contributed by atoms with van der Waals surface area (Å²) >= 11 is 0. The molecule has 2 fully saturated rings. The van der Waals surface area contributed by atoms with Gasteiger partial charge in [-0.25, -0.2) is 4.68 Å². The van der Waals surface area contributed by atoms with Crippen LogP contribution >= 0.6 is 0 Å². The van der Waals surface area contributed by atoms with Crippen molar-refractivity contribution in [2.75, 3.05) is 20.2 Å². The molecule has 1 aromatic rings. The minimum absolute atomic E-state index is 0.0215. The molecule has 1 aliphatic heterocycles. The van der Waals surface area contributed by atoms with Crippen molar-refractivity contribution in [3.8, 4) is 0 Å². The van der Waals surface area contributed by atoms with E-state index in [1.807, 2.05) is 15.7 Å². The summed E-state index contributed by atoms with van der Waals surface area (Å²) in [4.78, 5) is 24.1. The van der Waals surface area contributed by atoms with Crippen molar-refractivity contribution in [2.45, 2.75) is 50.2 Å². The first-order valence-electron chi connectivity index (χ1n) is 8.81. The van der Waals surface area contributed by atoms with Gasteiger partial charge in [-0.1, -0.05) is 5.21 Å². The molecule has 1 N–H and O–H groups in total. The van der Waals surface area contributed by atoms with Gasteiger partial charge in [-0.05, 0) is 51.6 Å². The lowest BCUT2D eigenvalue weighted by Gasteiger charge is -2.36. The van der Waals surface area contributed by atoms with Crippen molar-refractivity contribution >= 4 is 19.6 Å². The van der Waals surface area contributed by atoms with E-state index in [2.05, 4.69) is 10.3 Å². The van der Waals surface area contributed by atoms with E-state index in [4.69, 9.17) is 4.74 Å². The molecule has 9 heteroatoms. The van der Waals surface area contributed by atoms with Crippen LogP contribution in [0.5, 0.6) is 0 Å². The molecular weight excluding hydrogens is 323 g/mol. The van der Waals surface area contributed by atoms with Crippen LogP contribution in [0.3, 0.4) is 0 Å². The number of ether oxygens (including phenoxy) is 1. The first-order valence-corrected chi connectivity index (χ1v) is 8.81. The summed E-state index contributed by atoms with van der Waals surface area (Å²) in [5.74, 6) is -0.155. The molecule has 0 bridgehead atoms. The average molecular weight is 347 g/mol. The first-order chi connectivity index (χ1) is 12.1. The van der Waals surface area contributed by atoms with E-state index in [1.54, 1.807) is 0 Å². The molecule has 1 aliphatic carbocycles. The lowest BCUT2D eigenvalue weighted by atomic mass is 9.83. The summed E-state index contributed by atoms with van der Waals surface area (Å²) in [7, 11) is 2.94. The Morgan fingerprint density at radius 1 is 1.36 bits per heavy atom. The molecule has 0 atom stereocenters. The Balaban J connectivity index is 1.59. The minimum atomic E-state index is -0.991. The van der Waals surface area contributed by atoms with Gasteiger partial charge in [0.1, 0.15) is 11.3 Å². The summed E-state index contributed by atoms with van der Waals surface area (Å²) in [5.41, 5.74) is -0.400. The van der Waals surface area contributed by atoms with Crippen molar-refractivity contribution in [1.29, 1.82) is 0 Å². The zero-order chi connectivity index (χ0) is 17.9. The summed E-state index contributed by atoms with van der Waals surface area (Å²) in [6.07, 6.45) is 6.91. The van der Waals surface area contributed by atoms with E-state index in [9.17, 15) is 14.7 Å². The quantitative estimate of drug-likeness (QED) is 0.464. The summed E-state index contributed by atoms with van der Waals surface area (Å²) in [6.45, 7) is 1.23. The Morgan fingerprint density at radius 3 is 2.64 bits per heavy atom. The predicted molar refractivity (Wildman–Crippen MR) is 90.2 cm³/mol. The highest BCUT2D eigenvalue weighted by Gasteiger charge is 2.37. The van der Waals surface area contributed by atoms with Crippen LogP contribution in [0.2, 0.25) is 0 Å². The fraction of sp³-hybridized carbons (Fsp3) is 0.750. The molecule has 2 aliphatic rings. The smallest absolute Gasteiger partial charge is 0.308 e. The second kappa shape index (κ2) is 7.66. The van der Waals surface area contributed by atoms with Gasteiger partial charge in [0.25, 0.3) is 7.41 Å². The Morgan fingerprint density at radius 2 is 2.04 bits per heavy atom. The van der Waals surface area contributed by atoms with Crippen LogP contribution in [0.25, 0.3) is 0 Å². The molecule has 0 aromatic carbocycles. The van der Waals surface area contributed by atoms with Crippen LogP contribution < -0.4 is 0 Å². The zero-order valence-corrected chi connectivity index (χ0v) is 14.5. The number of hydrogen-bond acceptors (Lipinski definition) is 7. The number of aliphatic hydroxyl groups is 1. The normalized spacial score (nSPS) is 26.8. The maximum absolute atomic E-state index is 11.6. The van der Waals surface area contributed by atoms with Gasteiger partial charge in [-0.3, -0.25) is 4.79 Å². The molecule has 25 heavy (non-hydrogen) atoms. The van der Waals surface area contributed by atoms with E-state index in [0.29, 0.717) is 31.6 Å². The number of methoxy groups -OCH3 is 1. The first kappa shape index (κ1) is 18.1. The average Bonchev–Trinajstić information content (AvgIpc) is 3.14. The largest absolute Gasteiger partial charge is 0.469 e. The van der Waals surface area contributed by atoms with Gasteiger partial charge in [0.15, 0.2) is 0 Å². The van der Waals surface area contributed by atoms with Gasteiger partial charge in [0.05, 0.1) is 31.5 Å². The molecule has 1 aromatic heterocycles. The fourth-order valence-corrected chi connectivity index (χ4v) is 3.80. The van der Waals surface area contributed by atoms with E-state index in [1.165, 1.54) is 14.5 Å². The van der Waals surface area contributed by atoms with Gasteiger partial charge in [0.2, 0.25) is 0 Å². The molecule has 0 spiro atoms. The molecule has 3 rings (SSSR count). The third kappa shape index (κ3) is 3.93. The fourth-order valence-electron chi connectivity index (χ4n) is 3.80. The molecule has 8 nitrogen and oxygen atoms in total.